The highest BCUT2D eigenvalue weighted by Gasteiger charge is 2.37. The summed E-state index contributed by atoms with van der Waals surface area (Å²) in [4.78, 5) is 0. The van der Waals surface area contributed by atoms with Crippen molar-refractivity contribution in [2.24, 2.45) is 0 Å². The third-order valence-electron chi connectivity index (χ3n) is 2.77. The van der Waals surface area contributed by atoms with E-state index in [1.165, 1.54) is 12.0 Å². The van der Waals surface area contributed by atoms with Crippen molar-refractivity contribution in [2.75, 3.05) is 12.4 Å². The van der Waals surface area contributed by atoms with E-state index in [1.807, 2.05) is 6.08 Å². The number of benzene rings is 1. The Morgan fingerprint density at radius 3 is 2.80 bits per heavy atom. The van der Waals surface area contributed by atoms with Gasteiger partial charge in [-0.15, -0.1) is 11.6 Å². The fraction of sp³-hybridized carbons (Fsp3) is 0.385. The molecule has 0 heterocycles. The standard InChI is InChI=1S/C13H16ClN/c14-8-4-5-9-15-13-10-12(13)11-6-2-1-3-7-11/h1-7,12-13,15H,8-10H2/b5-4+. The van der Waals surface area contributed by atoms with E-state index in [0.717, 1.165) is 12.5 Å². The predicted molar refractivity (Wildman–Crippen MR) is 65.5 cm³/mol. The lowest BCUT2D eigenvalue weighted by molar-refractivity contribution is 0.732. The second kappa shape index (κ2) is 5.34. The minimum absolute atomic E-state index is 0.606. The van der Waals surface area contributed by atoms with E-state index in [-0.39, 0.29) is 0 Å². The molecule has 1 aromatic rings. The Kier molecular flexibility index (Phi) is 3.81. The van der Waals surface area contributed by atoms with E-state index < -0.39 is 0 Å². The normalized spacial score (nSPS) is 24.6. The molecule has 0 aliphatic heterocycles. The highest BCUT2D eigenvalue weighted by molar-refractivity contribution is 6.18. The first-order valence-electron chi connectivity index (χ1n) is 5.41. The Morgan fingerprint density at radius 2 is 2.07 bits per heavy atom. The molecule has 2 unspecified atom stereocenters. The van der Waals surface area contributed by atoms with Gasteiger partial charge in [-0.05, 0) is 12.0 Å². The number of allylic oxidation sites excluding steroid dienone is 1. The Labute approximate surface area is 96.1 Å². The fourth-order valence-electron chi connectivity index (χ4n) is 1.85. The molecule has 0 amide bonds. The minimum atomic E-state index is 0.606. The van der Waals surface area contributed by atoms with E-state index in [1.54, 1.807) is 0 Å². The molecule has 1 N–H and O–H groups in total. The zero-order valence-corrected chi connectivity index (χ0v) is 9.45. The Morgan fingerprint density at radius 1 is 1.27 bits per heavy atom. The molecule has 0 bridgehead atoms. The number of halogens is 1. The van der Waals surface area contributed by atoms with Gasteiger partial charge >= 0.3 is 0 Å². The Hall–Kier alpha value is -0.790. The molecule has 1 saturated carbocycles. The molecule has 1 nitrogen and oxygen atoms in total. The van der Waals surface area contributed by atoms with Gasteiger partial charge in [-0.1, -0.05) is 42.5 Å². The summed E-state index contributed by atoms with van der Waals surface area (Å²) < 4.78 is 0. The highest BCUT2D eigenvalue weighted by Crippen LogP contribution is 2.40. The number of hydrogen-bond donors (Lipinski definition) is 1. The second-order valence-corrected chi connectivity index (χ2v) is 4.20. The quantitative estimate of drug-likeness (QED) is 0.596. The summed E-state index contributed by atoms with van der Waals surface area (Å²) in [5.74, 6) is 1.32. The maximum atomic E-state index is 5.54. The monoisotopic (exact) mass is 221 g/mol. The Balaban J connectivity index is 1.75. The lowest BCUT2D eigenvalue weighted by Crippen LogP contribution is -2.17. The molecule has 1 fully saturated rings. The van der Waals surface area contributed by atoms with Gasteiger partial charge in [0.1, 0.15) is 0 Å². The van der Waals surface area contributed by atoms with Gasteiger partial charge in [-0.25, -0.2) is 0 Å². The van der Waals surface area contributed by atoms with E-state index in [4.69, 9.17) is 11.6 Å². The first-order valence-corrected chi connectivity index (χ1v) is 5.94. The molecule has 1 aromatic carbocycles. The van der Waals surface area contributed by atoms with Crippen LogP contribution in [0.25, 0.3) is 0 Å². The van der Waals surface area contributed by atoms with Crippen LogP contribution in [0.15, 0.2) is 42.5 Å². The van der Waals surface area contributed by atoms with Gasteiger partial charge in [-0.2, -0.15) is 0 Å². The van der Waals surface area contributed by atoms with Crippen LogP contribution in [0.2, 0.25) is 0 Å². The lowest BCUT2D eigenvalue weighted by atomic mass is 10.1. The third kappa shape index (κ3) is 3.08. The van der Waals surface area contributed by atoms with Crippen molar-refractivity contribution in [3.05, 3.63) is 48.0 Å². The summed E-state index contributed by atoms with van der Waals surface area (Å²) in [6.45, 7) is 0.931. The molecule has 80 valence electrons. The van der Waals surface area contributed by atoms with Crippen molar-refractivity contribution >= 4 is 11.6 Å². The second-order valence-electron chi connectivity index (χ2n) is 3.89. The fourth-order valence-corrected chi connectivity index (χ4v) is 1.98. The molecule has 0 radical (unpaired) electrons. The summed E-state index contributed by atoms with van der Waals surface area (Å²) >= 11 is 5.54. The molecular formula is C13H16ClN. The van der Waals surface area contributed by atoms with Gasteiger partial charge in [0.25, 0.3) is 0 Å². The van der Waals surface area contributed by atoms with Crippen LogP contribution < -0.4 is 5.32 Å². The van der Waals surface area contributed by atoms with Crippen molar-refractivity contribution < 1.29 is 0 Å². The van der Waals surface area contributed by atoms with Crippen LogP contribution in [0.5, 0.6) is 0 Å². The van der Waals surface area contributed by atoms with E-state index in [0.29, 0.717) is 11.9 Å². The molecule has 0 spiro atoms. The number of hydrogen-bond acceptors (Lipinski definition) is 1. The number of nitrogens with one attached hydrogen (secondary N) is 1. The minimum Gasteiger partial charge on any atom is -0.310 e. The van der Waals surface area contributed by atoms with Gasteiger partial charge in [0.2, 0.25) is 0 Å². The van der Waals surface area contributed by atoms with Crippen LogP contribution in [0.3, 0.4) is 0 Å². The maximum Gasteiger partial charge on any atom is 0.0404 e. The van der Waals surface area contributed by atoms with Gasteiger partial charge in [-0.3, -0.25) is 0 Å². The summed E-state index contributed by atoms with van der Waals surface area (Å²) in [6.07, 6.45) is 5.33. The van der Waals surface area contributed by atoms with Crippen LogP contribution >= 0.6 is 11.6 Å². The molecule has 2 heteroatoms. The third-order valence-corrected chi connectivity index (χ3v) is 2.95. The van der Waals surface area contributed by atoms with Crippen molar-refractivity contribution in [3.63, 3.8) is 0 Å². The van der Waals surface area contributed by atoms with Gasteiger partial charge in [0.15, 0.2) is 0 Å². The van der Waals surface area contributed by atoms with Crippen LogP contribution in [0, 0.1) is 0 Å². The van der Waals surface area contributed by atoms with E-state index >= 15 is 0 Å². The largest absolute Gasteiger partial charge is 0.310 e. The van der Waals surface area contributed by atoms with Crippen LogP contribution in [-0.2, 0) is 0 Å². The molecule has 1 aliphatic rings. The van der Waals surface area contributed by atoms with Crippen molar-refractivity contribution in [3.8, 4) is 0 Å². The van der Waals surface area contributed by atoms with Gasteiger partial charge in [0.05, 0.1) is 0 Å². The van der Waals surface area contributed by atoms with Gasteiger partial charge < -0.3 is 5.32 Å². The summed E-state index contributed by atoms with van der Waals surface area (Å²) in [5.41, 5.74) is 1.45. The summed E-state index contributed by atoms with van der Waals surface area (Å²) in [5, 5.41) is 3.49. The average Bonchev–Trinajstić information content (AvgIpc) is 3.05. The summed E-state index contributed by atoms with van der Waals surface area (Å²) in [7, 11) is 0. The van der Waals surface area contributed by atoms with Crippen LogP contribution in [0.4, 0.5) is 0 Å². The van der Waals surface area contributed by atoms with E-state index in [2.05, 4.69) is 41.7 Å². The molecule has 0 aromatic heterocycles. The van der Waals surface area contributed by atoms with Gasteiger partial charge in [0, 0.05) is 24.4 Å². The Bertz CT molecular complexity index is 321. The molecular weight excluding hydrogens is 206 g/mol. The average molecular weight is 222 g/mol. The number of rotatable bonds is 5. The van der Waals surface area contributed by atoms with Crippen LogP contribution in [-0.4, -0.2) is 18.5 Å². The summed E-state index contributed by atoms with van der Waals surface area (Å²) in [6, 6.07) is 11.4. The number of alkyl halides is 1. The van der Waals surface area contributed by atoms with E-state index in [9.17, 15) is 0 Å². The van der Waals surface area contributed by atoms with Crippen molar-refractivity contribution in [2.45, 2.75) is 18.4 Å². The maximum absolute atomic E-state index is 5.54. The van der Waals surface area contributed by atoms with Crippen LogP contribution in [0.1, 0.15) is 17.9 Å². The first-order chi connectivity index (χ1) is 7.42. The topological polar surface area (TPSA) is 12.0 Å². The smallest absolute Gasteiger partial charge is 0.0404 e. The van der Waals surface area contributed by atoms with Crippen molar-refractivity contribution in [1.29, 1.82) is 0 Å². The molecule has 0 saturated heterocycles. The first kappa shape index (κ1) is 10.7. The zero-order chi connectivity index (χ0) is 10.5. The molecule has 1 aliphatic carbocycles. The predicted octanol–water partition coefficient (Wildman–Crippen LogP) is 2.93. The molecule has 15 heavy (non-hydrogen) atoms. The lowest BCUT2D eigenvalue weighted by Gasteiger charge is -2.00. The molecule has 2 atom stereocenters. The zero-order valence-electron chi connectivity index (χ0n) is 8.70. The highest BCUT2D eigenvalue weighted by atomic mass is 35.5. The van der Waals surface area contributed by atoms with Crippen molar-refractivity contribution in [1.82, 2.24) is 5.32 Å². The molecule has 2 rings (SSSR count). The SMILES string of the molecule is ClC/C=C/CNC1CC1c1ccccc1.